The first-order valence-electron chi connectivity index (χ1n) is 9.63. The van der Waals surface area contributed by atoms with E-state index in [1.807, 2.05) is 18.0 Å². The molecule has 0 aromatic carbocycles. The fourth-order valence-corrected chi connectivity index (χ4v) is 4.50. The third-order valence-electron chi connectivity index (χ3n) is 6.07. The van der Waals surface area contributed by atoms with E-state index in [-0.39, 0.29) is 11.3 Å². The van der Waals surface area contributed by atoms with Gasteiger partial charge in [-0.3, -0.25) is 19.8 Å². The smallest absolute Gasteiger partial charge is 0.255 e. The number of pyridine rings is 1. The molecule has 144 valence electrons. The van der Waals surface area contributed by atoms with Gasteiger partial charge in [-0.25, -0.2) is 0 Å². The van der Waals surface area contributed by atoms with Crippen LogP contribution in [0.2, 0.25) is 0 Å². The minimum Gasteiger partial charge on any atom is -0.391 e. The van der Waals surface area contributed by atoms with Crippen molar-refractivity contribution in [1.82, 2.24) is 25.0 Å². The summed E-state index contributed by atoms with van der Waals surface area (Å²) in [6, 6.07) is 3.57. The van der Waals surface area contributed by atoms with E-state index in [0.717, 1.165) is 51.1 Å². The van der Waals surface area contributed by atoms with Crippen LogP contribution in [-0.2, 0) is 6.54 Å². The summed E-state index contributed by atoms with van der Waals surface area (Å²) in [6.45, 7) is 6.04. The number of aliphatic hydroxyl groups excluding tert-OH is 1. The third-order valence-corrected chi connectivity index (χ3v) is 6.07. The van der Waals surface area contributed by atoms with Gasteiger partial charge in [0.2, 0.25) is 0 Å². The monoisotopic (exact) mass is 369 g/mol. The largest absolute Gasteiger partial charge is 0.391 e. The number of hydrogen-bond donors (Lipinski definition) is 2. The van der Waals surface area contributed by atoms with Crippen molar-refractivity contribution in [3.05, 3.63) is 47.5 Å². The lowest BCUT2D eigenvalue weighted by atomic mass is 9.71. The van der Waals surface area contributed by atoms with E-state index in [9.17, 15) is 9.90 Å². The second-order valence-corrected chi connectivity index (χ2v) is 8.08. The number of β-amino-alcohol motifs (C(OH)–C–C–N with tert-alkyl or cyclic N) is 1. The summed E-state index contributed by atoms with van der Waals surface area (Å²) in [5.74, 6) is -0.0299. The Morgan fingerprint density at radius 2 is 2.19 bits per heavy atom. The van der Waals surface area contributed by atoms with Gasteiger partial charge in [-0.1, -0.05) is 0 Å². The maximum absolute atomic E-state index is 12.8. The number of rotatable bonds is 3. The summed E-state index contributed by atoms with van der Waals surface area (Å²) in [5, 5.41) is 17.6. The summed E-state index contributed by atoms with van der Waals surface area (Å²) in [6.07, 6.45) is 7.49. The van der Waals surface area contributed by atoms with Crippen LogP contribution in [0.1, 0.15) is 40.9 Å². The summed E-state index contributed by atoms with van der Waals surface area (Å²) in [7, 11) is 0. The number of aryl methyl sites for hydroxylation is 1. The lowest BCUT2D eigenvalue weighted by Crippen LogP contribution is -2.55. The highest BCUT2D eigenvalue weighted by atomic mass is 16.3. The van der Waals surface area contributed by atoms with Crippen LogP contribution >= 0.6 is 0 Å². The molecule has 0 saturated carbocycles. The molecule has 1 unspecified atom stereocenters. The molecule has 2 saturated heterocycles. The highest BCUT2D eigenvalue weighted by Crippen LogP contribution is 2.40. The van der Waals surface area contributed by atoms with Crippen LogP contribution in [0.5, 0.6) is 0 Å². The number of likely N-dealkylation sites (tertiary alicyclic amines) is 2. The number of aliphatic hydroxyl groups is 1. The van der Waals surface area contributed by atoms with Gasteiger partial charge < -0.3 is 10.0 Å². The Morgan fingerprint density at radius 1 is 1.37 bits per heavy atom. The molecule has 1 atom stereocenters. The maximum Gasteiger partial charge on any atom is 0.255 e. The van der Waals surface area contributed by atoms with Crippen molar-refractivity contribution in [1.29, 1.82) is 0 Å². The van der Waals surface area contributed by atoms with Gasteiger partial charge in [0, 0.05) is 43.3 Å². The molecule has 27 heavy (non-hydrogen) atoms. The van der Waals surface area contributed by atoms with Crippen LogP contribution in [0.25, 0.3) is 0 Å². The highest BCUT2D eigenvalue weighted by molar-refractivity contribution is 5.94. The van der Waals surface area contributed by atoms with Gasteiger partial charge in [-0.2, -0.15) is 5.10 Å². The molecule has 1 amide bonds. The van der Waals surface area contributed by atoms with E-state index in [1.54, 1.807) is 24.5 Å². The van der Waals surface area contributed by atoms with Crippen molar-refractivity contribution in [2.45, 2.75) is 38.8 Å². The lowest BCUT2D eigenvalue weighted by molar-refractivity contribution is -0.0337. The Balaban J connectivity index is 1.41. The van der Waals surface area contributed by atoms with Crippen molar-refractivity contribution in [2.75, 3.05) is 26.2 Å². The summed E-state index contributed by atoms with van der Waals surface area (Å²) >= 11 is 0. The van der Waals surface area contributed by atoms with Crippen molar-refractivity contribution in [2.24, 2.45) is 5.41 Å². The fourth-order valence-electron chi connectivity index (χ4n) is 4.50. The first kappa shape index (κ1) is 18.1. The van der Waals surface area contributed by atoms with Gasteiger partial charge in [0.05, 0.1) is 17.9 Å². The second kappa shape index (κ2) is 7.40. The molecule has 7 nitrogen and oxygen atoms in total. The van der Waals surface area contributed by atoms with Crippen molar-refractivity contribution < 1.29 is 9.90 Å². The minimum atomic E-state index is -0.456. The van der Waals surface area contributed by atoms with Crippen LogP contribution < -0.4 is 0 Å². The molecule has 2 N–H and O–H groups in total. The van der Waals surface area contributed by atoms with E-state index in [2.05, 4.69) is 20.1 Å². The number of carbonyl (C=O) groups is 1. The molecule has 2 aromatic heterocycles. The Bertz CT molecular complexity index is 783. The molecule has 7 heteroatoms. The average molecular weight is 369 g/mol. The Morgan fingerprint density at radius 3 is 2.85 bits per heavy atom. The number of H-pyrrole nitrogens is 1. The number of nitrogens with zero attached hydrogens (tertiary/aromatic N) is 4. The van der Waals surface area contributed by atoms with Gasteiger partial charge in [0.25, 0.3) is 5.91 Å². The number of hydrogen-bond acceptors (Lipinski definition) is 5. The van der Waals surface area contributed by atoms with Gasteiger partial charge in [-0.15, -0.1) is 0 Å². The molecule has 2 fully saturated rings. The molecule has 4 rings (SSSR count). The zero-order valence-electron chi connectivity index (χ0n) is 15.8. The predicted molar refractivity (Wildman–Crippen MR) is 101 cm³/mol. The highest BCUT2D eigenvalue weighted by Gasteiger charge is 2.43. The van der Waals surface area contributed by atoms with E-state index in [0.29, 0.717) is 12.1 Å². The topological polar surface area (TPSA) is 85.4 Å². The number of aromatic amines is 1. The molecule has 0 aliphatic carbocycles. The van der Waals surface area contributed by atoms with E-state index in [1.165, 1.54) is 5.56 Å². The number of aromatic nitrogens is 3. The molecule has 2 aliphatic heterocycles. The molecule has 2 aromatic rings. The SMILES string of the molecule is Cc1[nH]ncc1CN1CCC2(CC1)CC(O)CN(C(=O)c1cccnc1)C2. The van der Waals surface area contributed by atoms with Gasteiger partial charge in [0.15, 0.2) is 0 Å². The predicted octanol–water partition coefficient (Wildman–Crippen LogP) is 1.60. The first-order chi connectivity index (χ1) is 13.0. The van der Waals surface area contributed by atoms with Crippen LogP contribution in [0.3, 0.4) is 0 Å². The van der Waals surface area contributed by atoms with Crippen LogP contribution in [0.15, 0.2) is 30.7 Å². The molecular formula is C20H27N5O2. The number of nitrogens with one attached hydrogen (secondary N) is 1. The van der Waals surface area contributed by atoms with E-state index < -0.39 is 6.10 Å². The van der Waals surface area contributed by atoms with Crippen LogP contribution in [0.4, 0.5) is 0 Å². The quantitative estimate of drug-likeness (QED) is 0.858. The summed E-state index contributed by atoms with van der Waals surface area (Å²) < 4.78 is 0. The van der Waals surface area contributed by atoms with E-state index in [4.69, 9.17) is 0 Å². The zero-order valence-corrected chi connectivity index (χ0v) is 15.8. The Hall–Kier alpha value is -2.25. The van der Waals surface area contributed by atoms with E-state index >= 15 is 0 Å². The third kappa shape index (κ3) is 3.89. The van der Waals surface area contributed by atoms with Crippen molar-refractivity contribution in [3.63, 3.8) is 0 Å². The summed E-state index contributed by atoms with van der Waals surface area (Å²) in [5.41, 5.74) is 2.96. The average Bonchev–Trinajstić information content (AvgIpc) is 3.08. The van der Waals surface area contributed by atoms with Crippen LogP contribution in [-0.4, -0.2) is 68.3 Å². The molecule has 0 radical (unpaired) electrons. The second-order valence-electron chi connectivity index (χ2n) is 8.08. The number of amides is 1. The first-order valence-corrected chi connectivity index (χ1v) is 9.63. The Kier molecular flexibility index (Phi) is 4.97. The van der Waals surface area contributed by atoms with Gasteiger partial charge >= 0.3 is 0 Å². The lowest BCUT2D eigenvalue weighted by Gasteiger charge is -2.49. The number of piperidine rings is 2. The van der Waals surface area contributed by atoms with Gasteiger partial charge in [-0.05, 0) is 56.8 Å². The Labute approximate surface area is 159 Å². The zero-order chi connectivity index (χ0) is 18.9. The molecule has 1 spiro atoms. The summed E-state index contributed by atoms with van der Waals surface area (Å²) in [4.78, 5) is 21.2. The van der Waals surface area contributed by atoms with Gasteiger partial charge in [0.1, 0.15) is 0 Å². The molecule has 4 heterocycles. The standard InChI is InChI=1S/C20H27N5O2/c1-15-17(11-22-23-15)12-24-7-4-20(5-8-24)9-18(26)13-25(14-20)19(27)16-3-2-6-21-10-16/h2-3,6,10-11,18,26H,4-5,7-9,12-14H2,1H3,(H,22,23). The normalized spacial score (nSPS) is 22.9. The number of carbonyl (C=O) groups excluding carboxylic acids is 1. The molecular weight excluding hydrogens is 342 g/mol. The van der Waals surface area contributed by atoms with Crippen molar-refractivity contribution in [3.8, 4) is 0 Å². The fraction of sp³-hybridized carbons (Fsp3) is 0.550. The minimum absolute atomic E-state index is 0.0114. The molecule has 2 aliphatic rings. The molecule has 0 bridgehead atoms. The van der Waals surface area contributed by atoms with Crippen LogP contribution in [0, 0.1) is 12.3 Å². The van der Waals surface area contributed by atoms with Crippen molar-refractivity contribution >= 4 is 5.91 Å². The maximum atomic E-state index is 12.8.